The number of amides is 2. The van der Waals surface area contributed by atoms with Crippen LogP contribution in [-0.4, -0.2) is 35.3 Å². The van der Waals surface area contributed by atoms with Crippen LogP contribution in [0.2, 0.25) is 0 Å². The molecule has 4 atom stereocenters. The van der Waals surface area contributed by atoms with Crippen molar-refractivity contribution in [2.75, 3.05) is 6.54 Å². The average Bonchev–Trinajstić information content (AvgIpc) is 2.38. The molecule has 0 aromatic carbocycles. The van der Waals surface area contributed by atoms with Crippen LogP contribution >= 0.6 is 0 Å². The molecule has 108 valence electrons. The molecule has 1 aliphatic carbocycles. The van der Waals surface area contributed by atoms with E-state index in [1.54, 1.807) is 0 Å². The summed E-state index contributed by atoms with van der Waals surface area (Å²) in [5, 5.41) is 0. The summed E-state index contributed by atoms with van der Waals surface area (Å²) in [5.41, 5.74) is 11.5. The topological polar surface area (TPSA) is 89.4 Å². The van der Waals surface area contributed by atoms with Crippen molar-refractivity contribution in [3.8, 4) is 0 Å². The Morgan fingerprint density at radius 2 is 1.79 bits per heavy atom. The van der Waals surface area contributed by atoms with Gasteiger partial charge in [-0.25, -0.2) is 0 Å². The van der Waals surface area contributed by atoms with Crippen LogP contribution in [0.4, 0.5) is 0 Å². The minimum absolute atomic E-state index is 0.0256. The molecule has 2 fully saturated rings. The first-order valence-electron chi connectivity index (χ1n) is 7.36. The van der Waals surface area contributed by atoms with Gasteiger partial charge in [0.25, 0.3) is 0 Å². The summed E-state index contributed by atoms with van der Waals surface area (Å²) < 4.78 is 0. The summed E-state index contributed by atoms with van der Waals surface area (Å²) in [6, 6.07) is 0.166. The molecule has 2 amide bonds. The van der Waals surface area contributed by atoms with E-state index in [0.29, 0.717) is 6.54 Å². The highest BCUT2D eigenvalue weighted by Crippen LogP contribution is 2.29. The molecule has 0 radical (unpaired) electrons. The summed E-state index contributed by atoms with van der Waals surface area (Å²) in [6.07, 6.45) is 5.64. The molecule has 1 saturated heterocycles. The van der Waals surface area contributed by atoms with Crippen LogP contribution in [0.1, 0.15) is 45.4 Å². The van der Waals surface area contributed by atoms with Gasteiger partial charge in [0, 0.05) is 18.6 Å². The van der Waals surface area contributed by atoms with Gasteiger partial charge in [-0.1, -0.05) is 12.8 Å². The number of primary amides is 1. The molecule has 19 heavy (non-hydrogen) atoms. The molecule has 0 bridgehead atoms. The van der Waals surface area contributed by atoms with Crippen molar-refractivity contribution in [1.29, 1.82) is 0 Å². The first kappa shape index (κ1) is 14.3. The SMILES string of the molecule is CC1CCC(C(N)=O)CN1C(=O)C1CCCCC1N. The van der Waals surface area contributed by atoms with Crippen molar-refractivity contribution in [2.45, 2.75) is 57.5 Å². The van der Waals surface area contributed by atoms with E-state index >= 15 is 0 Å². The molecular weight excluding hydrogens is 242 g/mol. The molecule has 0 aromatic rings. The first-order valence-corrected chi connectivity index (χ1v) is 7.36. The highest BCUT2D eigenvalue weighted by atomic mass is 16.2. The van der Waals surface area contributed by atoms with Crippen LogP contribution < -0.4 is 11.5 Å². The average molecular weight is 267 g/mol. The van der Waals surface area contributed by atoms with Gasteiger partial charge >= 0.3 is 0 Å². The number of likely N-dealkylation sites (tertiary alicyclic amines) is 1. The summed E-state index contributed by atoms with van der Waals surface area (Å²) in [6.45, 7) is 2.52. The number of nitrogens with two attached hydrogens (primary N) is 2. The molecule has 2 rings (SSSR count). The standard InChI is InChI=1S/C14H25N3O2/c1-9-6-7-10(13(16)18)8-17(9)14(19)11-4-2-3-5-12(11)15/h9-12H,2-8,15H2,1H3,(H2,16,18). The van der Waals surface area contributed by atoms with Gasteiger partial charge in [-0.05, 0) is 32.6 Å². The zero-order valence-corrected chi connectivity index (χ0v) is 11.7. The van der Waals surface area contributed by atoms with Gasteiger partial charge in [-0.2, -0.15) is 0 Å². The van der Waals surface area contributed by atoms with Crippen molar-refractivity contribution >= 4 is 11.8 Å². The molecule has 1 saturated carbocycles. The lowest BCUT2D eigenvalue weighted by Crippen LogP contribution is -2.53. The highest BCUT2D eigenvalue weighted by Gasteiger charge is 2.37. The zero-order chi connectivity index (χ0) is 14.0. The van der Waals surface area contributed by atoms with Crippen LogP contribution in [0, 0.1) is 11.8 Å². The highest BCUT2D eigenvalue weighted by molar-refractivity contribution is 5.82. The summed E-state index contributed by atoms with van der Waals surface area (Å²) >= 11 is 0. The quantitative estimate of drug-likeness (QED) is 0.768. The molecule has 5 nitrogen and oxygen atoms in total. The maximum Gasteiger partial charge on any atom is 0.227 e. The molecule has 1 heterocycles. The Balaban J connectivity index is 2.05. The van der Waals surface area contributed by atoms with Crippen LogP contribution in [0.3, 0.4) is 0 Å². The predicted molar refractivity (Wildman–Crippen MR) is 73.0 cm³/mol. The predicted octanol–water partition coefficient (Wildman–Crippen LogP) is 0.616. The van der Waals surface area contributed by atoms with E-state index in [9.17, 15) is 9.59 Å². The summed E-state index contributed by atoms with van der Waals surface area (Å²) in [4.78, 5) is 25.8. The normalized spacial score (nSPS) is 36.0. The van der Waals surface area contributed by atoms with Crippen LogP contribution in [0.25, 0.3) is 0 Å². The zero-order valence-electron chi connectivity index (χ0n) is 11.7. The fourth-order valence-electron chi connectivity index (χ4n) is 3.33. The molecule has 4 N–H and O–H groups in total. The fraction of sp³-hybridized carbons (Fsp3) is 0.857. The molecule has 2 aliphatic rings. The molecule has 0 spiro atoms. The van der Waals surface area contributed by atoms with Gasteiger partial charge < -0.3 is 16.4 Å². The Kier molecular flexibility index (Phi) is 4.45. The van der Waals surface area contributed by atoms with Gasteiger partial charge in [0.05, 0.1) is 11.8 Å². The molecular formula is C14H25N3O2. The Morgan fingerprint density at radius 3 is 2.42 bits per heavy atom. The lowest BCUT2D eigenvalue weighted by atomic mass is 9.82. The van der Waals surface area contributed by atoms with E-state index in [0.717, 1.165) is 38.5 Å². The number of piperidine rings is 1. The van der Waals surface area contributed by atoms with E-state index in [-0.39, 0.29) is 35.7 Å². The van der Waals surface area contributed by atoms with Crippen molar-refractivity contribution in [3.63, 3.8) is 0 Å². The van der Waals surface area contributed by atoms with Crippen molar-refractivity contribution in [1.82, 2.24) is 4.90 Å². The Labute approximate surface area is 114 Å². The summed E-state index contributed by atoms with van der Waals surface area (Å²) in [7, 11) is 0. The molecule has 1 aliphatic heterocycles. The second-order valence-corrected chi connectivity index (χ2v) is 6.07. The second kappa shape index (κ2) is 5.90. The van der Waals surface area contributed by atoms with Gasteiger partial charge in [-0.3, -0.25) is 9.59 Å². The number of rotatable bonds is 2. The van der Waals surface area contributed by atoms with E-state index in [2.05, 4.69) is 0 Å². The largest absolute Gasteiger partial charge is 0.369 e. The van der Waals surface area contributed by atoms with E-state index in [1.807, 2.05) is 11.8 Å². The van der Waals surface area contributed by atoms with Crippen molar-refractivity contribution < 1.29 is 9.59 Å². The molecule has 0 aromatic heterocycles. The van der Waals surface area contributed by atoms with Gasteiger partial charge in [-0.15, -0.1) is 0 Å². The Hall–Kier alpha value is -1.10. The fourth-order valence-corrected chi connectivity index (χ4v) is 3.33. The smallest absolute Gasteiger partial charge is 0.227 e. The van der Waals surface area contributed by atoms with Crippen LogP contribution in [0.15, 0.2) is 0 Å². The van der Waals surface area contributed by atoms with Gasteiger partial charge in [0.15, 0.2) is 0 Å². The number of hydrogen-bond acceptors (Lipinski definition) is 3. The number of carbonyl (C=O) groups is 2. The monoisotopic (exact) mass is 267 g/mol. The third kappa shape index (κ3) is 3.08. The third-order valence-corrected chi connectivity index (χ3v) is 4.70. The molecule has 4 unspecified atom stereocenters. The van der Waals surface area contributed by atoms with E-state index < -0.39 is 0 Å². The Morgan fingerprint density at radius 1 is 1.11 bits per heavy atom. The minimum Gasteiger partial charge on any atom is -0.369 e. The van der Waals surface area contributed by atoms with E-state index in [4.69, 9.17) is 11.5 Å². The summed E-state index contributed by atoms with van der Waals surface area (Å²) in [5.74, 6) is -0.425. The lowest BCUT2D eigenvalue weighted by Gasteiger charge is -2.40. The Bertz CT molecular complexity index is 359. The van der Waals surface area contributed by atoms with Crippen molar-refractivity contribution in [3.05, 3.63) is 0 Å². The maximum atomic E-state index is 12.6. The van der Waals surface area contributed by atoms with E-state index in [1.165, 1.54) is 0 Å². The third-order valence-electron chi connectivity index (χ3n) is 4.70. The first-order chi connectivity index (χ1) is 9.00. The number of carbonyl (C=O) groups excluding carboxylic acids is 2. The van der Waals surface area contributed by atoms with Crippen LogP contribution in [-0.2, 0) is 9.59 Å². The van der Waals surface area contributed by atoms with Crippen LogP contribution in [0.5, 0.6) is 0 Å². The number of nitrogens with zero attached hydrogens (tertiary/aromatic N) is 1. The molecule has 5 heteroatoms. The van der Waals surface area contributed by atoms with Gasteiger partial charge in [0.1, 0.15) is 0 Å². The lowest BCUT2D eigenvalue weighted by molar-refractivity contribution is -0.143. The second-order valence-electron chi connectivity index (χ2n) is 6.07. The maximum absolute atomic E-state index is 12.6. The van der Waals surface area contributed by atoms with Crippen molar-refractivity contribution in [2.24, 2.45) is 23.3 Å². The minimum atomic E-state index is -0.294. The van der Waals surface area contributed by atoms with Gasteiger partial charge in [0.2, 0.25) is 11.8 Å². The number of hydrogen-bond donors (Lipinski definition) is 2.